The number of carbonyl (C=O) groups excluding carboxylic acids is 2. The van der Waals surface area contributed by atoms with Gasteiger partial charge in [0.05, 0.1) is 11.2 Å². The van der Waals surface area contributed by atoms with Gasteiger partial charge in [-0.05, 0) is 87.1 Å². The number of aliphatic hydroxyl groups is 1. The number of likely N-dealkylation sites (N-methyl/N-ethyl adjacent to an activating group) is 1. The normalized spacial score (nSPS) is 32.4. The molecule has 1 aliphatic heterocycles. The highest BCUT2D eigenvalue weighted by atomic mass is 16.3. The van der Waals surface area contributed by atoms with E-state index in [0.29, 0.717) is 43.6 Å². The Morgan fingerprint density at radius 2 is 2.05 bits per heavy atom. The number of nitrogens with zero attached hydrogens (tertiary/aromatic N) is 2. The number of phenols is 1. The van der Waals surface area contributed by atoms with Crippen LogP contribution in [0.5, 0.6) is 5.75 Å². The van der Waals surface area contributed by atoms with Gasteiger partial charge in [0.1, 0.15) is 5.75 Å². The molecule has 1 heterocycles. The van der Waals surface area contributed by atoms with Crippen LogP contribution in [-0.4, -0.2) is 69.6 Å². The number of hydrogen-bond donors (Lipinski definition) is 3. The van der Waals surface area contributed by atoms with Crippen LogP contribution in [0.3, 0.4) is 0 Å². The Morgan fingerprint density at radius 3 is 2.74 bits per heavy atom. The summed E-state index contributed by atoms with van der Waals surface area (Å²) in [6.45, 7) is 1.83. The van der Waals surface area contributed by atoms with Crippen LogP contribution in [0, 0.1) is 5.92 Å². The molecule has 2 amide bonds. The van der Waals surface area contributed by atoms with Gasteiger partial charge >= 0.3 is 0 Å². The van der Waals surface area contributed by atoms with Crippen LogP contribution in [-0.2, 0) is 16.6 Å². The summed E-state index contributed by atoms with van der Waals surface area (Å²) in [7, 11) is 1.84. The average molecular weight is 518 g/mol. The van der Waals surface area contributed by atoms with Crippen LogP contribution in [0.4, 0.5) is 0 Å². The van der Waals surface area contributed by atoms with Crippen LogP contribution >= 0.6 is 0 Å². The molecule has 38 heavy (non-hydrogen) atoms. The van der Waals surface area contributed by atoms with Gasteiger partial charge in [-0.1, -0.05) is 30.7 Å². The Hall–Kier alpha value is -2.90. The summed E-state index contributed by atoms with van der Waals surface area (Å²) in [5.41, 5.74) is 6.63. The first kappa shape index (κ1) is 25.4. The van der Waals surface area contributed by atoms with Gasteiger partial charge in [-0.15, -0.1) is 0 Å². The second-order valence-electron chi connectivity index (χ2n) is 12.1. The van der Waals surface area contributed by atoms with Crippen molar-refractivity contribution in [3.8, 4) is 5.75 Å². The minimum atomic E-state index is -1.05. The summed E-state index contributed by atoms with van der Waals surface area (Å²) in [4.78, 5) is 29.7. The lowest BCUT2D eigenvalue weighted by atomic mass is 9.48. The fourth-order valence-corrected chi connectivity index (χ4v) is 8.01. The minimum Gasteiger partial charge on any atom is -0.507 e. The Kier molecular flexibility index (Phi) is 6.27. The predicted octanol–water partition coefficient (Wildman–Crippen LogP) is 3.34. The lowest BCUT2D eigenvalue weighted by molar-refractivity contribution is -0.180. The summed E-state index contributed by atoms with van der Waals surface area (Å²) in [6.07, 6.45) is 17.4. The van der Waals surface area contributed by atoms with E-state index in [-0.39, 0.29) is 29.3 Å². The molecule has 4 aliphatic carbocycles. The van der Waals surface area contributed by atoms with E-state index in [4.69, 9.17) is 5.73 Å². The number of allylic oxidation sites excluding steroid dienone is 5. The van der Waals surface area contributed by atoms with Gasteiger partial charge in [-0.25, -0.2) is 0 Å². The number of piperidine rings is 1. The monoisotopic (exact) mass is 517 g/mol. The first-order valence-corrected chi connectivity index (χ1v) is 14.2. The van der Waals surface area contributed by atoms with Gasteiger partial charge < -0.3 is 20.8 Å². The zero-order chi connectivity index (χ0) is 26.7. The molecular formula is C31H39N3O4. The molecule has 2 saturated carbocycles. The fraction of sp³-hybridized carbons (Fsp3) is 0.548. The van der Waals surface area contributed by atoms with Crippen molar-refractivity contribution in [2.45, 2.75) is 80.9 Å². The molecule has 7 heteroatoms. The quantitative estimate of drug-likeness (QED) is 0.502. The van der Waals surface area contributed by atoms with E-state index in [0.717, 1.165) is 30.6 Å². The van der Waals surface area contributed by atoms with Crippen LogP contribution in [0.1, 0.15) is 72.9 Å². The van der Waals surface area contributed by atoms with Crippen molar-refractivity contribution in [1.29, 1.82) is 0 Å². The smallest absolute Gasteiger partial charge is 0.252 e. The second-order valence-corrected chi connectivity index (χ2v) is 12.1. The van der Waals surface area contributed by atoms with Gasteiger partial charge in [0.2, 0.25) is 5.91 Å². The largest absolute Gasteiger partial charge is 0.507 e. The Labute approximate surface area is 224 Å². The highest BCUT2D eigenvalue weighted by Crippen LogP contribution is 2.61. The number of hydrogen-bond acceptors (Lipinski definition) is 5. The van der Waals surface area contributed by atoms with Crippen molar-refractivity contribution in [3.05, 3.63) is 64.8 Å². The van der Waals surface area contributed by atoms with E-state index in [1.807, 2.05) is 25.3 Å². The number of amides is 2. The Balaban J connectivity index is 1.37. The van der Waals surface area contributed by atoms with Gasteiger partial charge in [-0.2, -0.15) is 0 Å². The predicted molar refractivity (Wildman–Crippen MR) is 146 cm³/mol. The van der Waals surface area contributed by atoms with Crippen molar-refractivity contribution in [1.82, 2.24) is 9.80 Å². The van der Waals surface area contributed by atoms with E-state index in [1.54, 1.807) is 17.0 Å². The molecule has 7 nitrogen and oxygen atoms in total. The summed E-state index contributed by atoms with van der Waals surface area (Å²) in [5.74, 6) is -0.137. The highest BCUT2D eigenvalue weighted by molar-refractivity contribution is 5.96. The number of primary amides is 1. The maximum atomic E-state index is 13.2. The molecule has 5 aliphatic rings. The van der Waals surface area contributed by atoms with Gasteiger partial charge in [-0.3, -0.25) is 14.5 Å². The molecule has 1 saturated heterocycles. The number of likely N-dealkylation sites (tertiary alicyclic amines) is 1. The third-order valence-electron chi connectivity index (χ3n) is 10.3. The molecule has 2 bridgehead atoms. The highest BCUT2D eigenvalue weighted by Gasteiger charge is 2.66. The molecule has 3 fully saturated rings. The zero-order valence-electron chi connectivity index (χ0n) is 22.2. The molecule has 1 unspecified atom stereocenters. The first-order chi connectivity index (χ1) is 18.2. The first-order valence-electron chi connectivity index (χ1n) is 14.2. The number of nitrogens with two attached hydrogens (primary N) is 1. The summed E-state index contributed by atoms with van der Waals surface area (Å²) >= 11 is 0. The number of fused-ring (bicyclic) bond motifs is 1. The molecule has 4 N–H and O–H groups in total. The van der Waals surface area contributed by atoms with Crippen molar-refractivity contribution in [2.75, 3.05) is 20.1 Å². The zero-order valence-corrected chi connectivity index (χ0v) is 22.2. The van der Waals surface area contributed by atoms with E-state index >= 15 is 0 Å². The minimum absolute atomic E-state index is 0.0499. The third kappa shape index (κ3) is 3.85. The topological polar surface area (TPSA) is 107 Å². The summed E-state index contributed by atoms with van der Waals surface area (Å²) < 4.78 is 0. The summed E-state index contributed by atoms with van der Waals surface area (Å²) in [6, 6.07) is 3.39. The molecule has 4 atom stereocenters. The number of benzene rings is 1. The number of rotatable bonds is 6. The Bertz CT molecular complexity index is 1250. The fourth-order valence-electron chi connectivity index (χ4n) is 8.01. The maximum Gasteiger partial charge on any atom is 0.252 e. The molecule has 6 rings (SSSR count). The third-order valence-corrected chi connectivity index (χ3v) is 10.3. The van der Waals surface area contributed by atoms with Crippen LogP contribution in [0.25, 0.3) is 0 Å². The van der Waals surface area contributed by atoms with Gasteiger partial charge in [0.15, 0.2) is 0 Å². The van der Waals surface area contributed by atoms with E-state index in [1.165, 1.54) is 19.3 Å². The molecule has 0 radical (unpaired) electrons. The lowest BCUT2D eigenvalue weighted by Crippen LogP contribution is -2.74. The Morgan fingerprint density at radius 1 is 1.24 bits per heavy atom. The molecule has 0 aromatic heterocycles. The maximum absolute atomic E-state index is 13.2. The van der Waals surface area contributed by atoms with Gasteiger partial charge in [0, 0.05) is 42.7 Å². The van der Waals surface area contributed by atoms with Crippen LogP contribution in [0.2, 0.25) is 0 Å². The average Bonchev–Trinajstić information content (AvgIpc) is 3.38. The molecule has 1 aromatic rings. The van der Waals surface area contributed by atoms with Crippen LogP contribution < -0.4 is 5.73 Å². The summed E-state index contributed by atoms with van der Waals surface area (Å²) in [5, 5.41) is 24.1. The van der Waals surface area contributed by atoms with Crippen molar-refractivity contribution in [2.24, 2.45) is 11.7 Å². The van der Waals surface area contributed by atoms with Crippen molar-refractivity contribution >= 4 is 11.8 Å². The lowest BCUT2D eigenvalue weighted by Gasteiger charge is -2.65. The molecule has 202 valence electrons. The molecule has 0 spiro atoms. The molecular weight excluding hydrogens is 478 g/mol. The van der Waals surface area contributed by atoms with Crippen molar-refractivity contribution in [3.63, 3.8) is 0 Å². The standard InChI is InChI=1S/C31H39N3O4/c1-33(26(35)12-9-20-5-2-3-6-20)23-13-14-31(38)25-17-22-10-11-24(29(32)37)28(36)27(22)30(31,18-23)15-16-34(25)19-21-7-4-8-21/h2,5-6,9-12,21,23,25,36,38H,3-4,7-8,13-19H2,1H3,(H2,32,37)/b12-9+/t23?,25-,30-,31-/m1/s1. The van der Waals surface area contributed by atoms with Gasteiger partial charge in [0.25, 0.3) is 5.91 Å². The SMILES string of the molecule is CN(C(=O)/C=C/C1=CCC=C1)C1CC[C@@]2(O)[C@H]3Cc4ccc(C(N)=O)c(O)c4[C@@]2(CCN3CC2CCC2)C1. The van der Waals surface area contributed by atoms with E-state index in [2.05, 4.69) is 17.1 Å². The van der Waals surface area contributed by atoms with E-state index < -0.39 is 16.9 Å². The second kappa shape index (κ2) is 9.38. The van der Waals surface area contributed by atoms with Crippen molar-refractivity contribution < 1.29 is 19.8 Å². The van der Waals surface area contributed by atoms with Crippen LogP contribution in [0.15, 0.2) is 48.1 Å². The molecule has 1 aromatic carbocycles. The number of aromatic hydroxyl groups is 1. The van der Waals surface area contributed by atoms with E-state index in [9.17, 15) is 19.8 Å². The number of carbonyl (C=O) groups is 2.